The van der Waals surface area contributed by atoms with Crippen molar-refractivity contribution in [1.29, 1.82) is 0 Å². The summed E-state index contributed by atoms with van der Waals surface area (Å²) in [6, 6.07) is 7.90. The summed E-state index contributed by atoms with van der Waals surface area (Å²) in [7, 11) is 0. The summed E-state index contributed by atoms with van der Waals surface area (Å²) in [6.45, 7) is 8.53. The molecule has 1 saturated heterocycles. The van der Waals surface area contributed by atoms with E-state index in [2.05, 4.69) is 15.6 Å². The van der Waals surface area contributed by atoms with Crippen LogP contribution in [-0.2, 0) is 16.1 Å². The van der Waals surface area contributed by atoms with Gasteiger partial charge < -0.3 is 10.1 Å². The van der Waals surface area contributed by atoms with Crippen LogP contribution in [0.5, 0.6) is 0 Å². The smallest absolute Gasteiger partial charge is 0.224 e. The molecular weight excluding hydrogens is 334 g/mol. The highest BCUT2D eigenvalue weighted by atomic mass is 32.1. The number of rotatable bonds is 6. The molecule has 1 amide bonds. The van der Waals surface area contributed by atoms with E-state index in [1.54, 1.807) is 11.3 Å². The van der Waals surface area contributed by atoms with Gasteiger partial charge in [0.25, 0.3) is 0 Å². The second-order valence-electron chi connectivity index (χ2n) is 6.74. The van der Waals surface area contributed by atoms with Crippen molar-refractivity contribution >= 4 is 22.9 Å². The zero-order chi connectivity index (χ0) is 17.6. The Bertz CT molecular complexity index is 691. The fourth-order valence-electron chi connectivity index (χ4n) is 2.77. The van der Waals surface area contributed by atoms with Crippen molar-refractivity contribution in [2.75, 3.05) is 31.6 Å². The van der Waals surface area contributed by atoms with Crippen LogP contribution in [0.4, 0.5) is 5.69 Å². The van der Waals surface area contributed by atoms with E-state index in [-0.39, 0.29) is 5.91 Å². The normalized spacial score (nSPS) is 15.5. The summed E-state index contributed by atoms with van der Waals surface area (Å²) in [5.41, 5.74) is 2.90. The van der Waals surface area contributed by atoms with Crippen LogP contribution >= 0.6 is 11.3 Å². The second-order valence-corrected chi connectivity index (χ2v) is 7.68. The molecule has 1 N–H and O–H groups in total. The van der Waals surface area contributed by atoms with Crippen LogP contribution in [-0.4, -0.2) is 42.1 Å². The van der Waals surface area contributed by atoms with E-state index in [4.69, 9.17) is 9.72 Å². The number of aromatic nitrogens is 1. The molecule has 2 heterocycles. The number of hydrogen-bond donors (Lipinski definition) is 1. The van der Waals surface area contributed by atoms with Crippen LogP contribution in [0.25, 0.3) is 11.3 Å². The molecule has 1 aromatic carbocycles. The maximum absolute atomic E-state index is 11.8. The molecule has 5 nitrogen and oxygen atoms in total. The van der Waals surface area contributed by atoms with Gasteiger partial charge in [0.05, 0.1) is 25.5 Å². The Morgan fingerprint density at radius 1 is 1.28 bits per heavy atom. The van der Waals surface area contributed by atoms with E-state index in [1.165, 1.54) is 0 Å². The summed E-state index contributed by atoms with van der Waals surface area (Å²) in [5, 5.41) is 6.17. The van der Waals surface area contributed by atoms with E-state index in [0.29, 0.717) is 12.3 Å². The van der Waals surface area contributed by atoms with Crippen LogP contribution in [0.3, 0.4) is 0 Å². The van der Waals surface area contributed by atoms with E-state index in [9.17, 15) is 4.79 Å². The second kappa shape index (κ2) is 8.56. The first-order valence-corrected chi connectivity index (χ1v) is 9.63. The van der Waals surface area contributed by atoms with Crippen LogP contribution in [0.2, 0.25) is 0 Å². The molecule has 0 bridgehead atoms. The number of benzene rings is 1. The molecule has 0 aliphatic carbocycles. The molecule has 0 spiro atoms. The molecule has 1 aliphatic heterocycles. The minimum absolute atomic E-state index is 0.0594. The summed E-state index contributed by atoms with van der Waals surface area (Å²) in [5.74, 6) is 0.420. The molecule has 1 aliphatic rings. The Morgan fingerprint density at radius 3 is 2.68 bits per heavy atom. The van der Waals surface area contributed by atoms with Crippen molar-refractivity contribution in [3.63, 3.8) is 0 Å². The number of morpholine rings is 1. The van der Waals surface area contributed by atoms with Crippen LogP contribution in [0, 0.1) is 5.92 Å². The zero-order valence-corrected chi connectivity index (χ0v) is 15.6. The zero-order valence-electron chi connectivity index (χ0n) is 14.8. The topological polar surface area (TPSA) is 54.5 Å². The first-order valence-electron chi connectivity index (χ1n) is 8.75. The minimum Gasteiger partial charge on any atom is -0.379 e. The minimum atomic E-state index is 0.0594. The van der Waals surface area contributed by atoms with E-state index in [0.717, 1.165) is 54.8 Å². The third-order valence-corrected chi connectivity index (χ3v) is 4.91. The molecule has 134 valence electrons. The van der Waals surface area contributed by atoms with E-state index >= 15 is 0 Å². The first kappa shape index (κ1) is 18.0. The maximum Gasteiger partial charge on any atom is 0.224 e. The lowest BCUT2D eigenvalue weighted by Crippen LogP contribution is -2.35. The van der Waals surface area contributed by atoms with Gasteiger partial charge in [-0.1, -0.05) is 26.0 Å². The Hall–Kier alpha value is -1.76. The van der Waals surface area contributed by atoms with Crippen molar-refractivity contribution in [2.24, 2.45) is 5.92 Å². The maximum atomic E-state index is 11.8. The number of anilines is 1. The van der Waals surface area contributed by atoms with Crippen molar-refractivity contribution in [3.8, 4) is 11.3 Å². The van der Waals surface area contributed by atoms with Crippen molar-refractivity contribution < 1.29 is 9.53 Å². The SMILES string of the molecule is CC(C)CC(=O)Nc1ccc(-c2csc(CN3CCOCC3)n2)cc1. The highest BCUT2D eigenvalue weighted by Crippen LogP contribution is 2.24. The number of nitrogens with one attached hydrogen (secondary N) is 1. The van der Waals surface area contributed by atoms with Crippen molar-refractivity contribution in [3.05, 3.63) is 34.7 Å². The molecular formula is C19H25N3O2S. The number of hydrogen-bond acceptors (Lipinski definition) is 5. The average molecular weight is 359 g/mol. The largest absolute Gasteiger partial charge is 0.379 e. The summed E-state index contributed by atoms with van der Waals surface area (Å²) in [4.78, 5) is 19.0. The van der Waals surface area contributed by atoms with Gasteiger partial charge in [0.15, 0.2) is 0 Å². The molecule has 2 aromatic rings. The highest BCUT2D eigenvalue weighted by molar-refractivity contribution is 7.09. The number of nitrogens with zero attached hydrogens (tertiary/aromatic N) is 2. The van der Waals surface area contributed by atoms with Gasteiger partial charge in [0.2, 0.25) is 5.91 Å². The number of carbonyl (C=O) groups excluding carboxylic acids is 1. The summed E-state index contributed by atoms with van der Waals surface area (Å²) in [6.07, 6.45) is 0.540. The third kappa shape index (κ3) is 5.36. The molecule has 1 aromatic heterocycles. The highest BCUT2D eigenvalue weighted by Gasteiger charge is 2.13. The lowest BCUT2D eigenvalue weighted by atomic mass is 10.1. The van der Waals surface area contributed by atoms with Crippen LogP contribution in [0.15, 0.2) is 29.6 Å². The Balaban J connectivity index is 1.59. The molecule has 6 heteroatoms. The molecule has 3 rings (SSSR count). The standard InChI is InChI=1S/C19H25N3O2S/c1-14(2)11-18(23)20-16-5-3-15(4-6-16)17-13-25-19(21-17)12-22-7-9-24-10-8-22/h3-6,13-14H,7-12H2,1-2H3,(H,20,23). The fourth-order valence-corrected chi connectivity index (χ4v) is 3.62. The Morgan fingerprint density at radius 2 is 2.00 bits per heavy atom. The van der Waals surface area contributed by atoms with Crippen LogP contribution < -0.4 is 5.32 Å². The van der Waals surface area contributed by atoms with Crippen LogP contribution in [0.1, 0.15) is 25.3 Å². The van der Waals surface area contributed by atoms with Gasteiger partial charge in [0, 0.05) is 36.1 Å². The van der Waals surface area contributed by atoms with Gasteiger partial charge in [-0.15, -0.1) is 11.3 Å². The first-order chi connectivity index (χ1) is 12.1. The van der Waals surface area contributed by atoms with Gasteiger partial charge in [-0.2, -0.15) is 0 Å². The third-order valence-electron chi connectivity index (χ3n) is 4.07. The summed E-state index contributed by atoms with van der Waals surface area (Å²) < 4.78 is 5.38. The molecule has 0 radical (unpaired) electrons. The number of thiazole rings is 1. The van der Waals surface area contributed by atoms with E-state index < -0.39 is 0 Å². The lowest BCUT2D eigenvalue weighted by molar-refractivity contribution is -0.116. The fraction of sp³-hybridized carbons (Fsp3) is 0.474. The number of carbonyl (C=O) groups is 1. The predicted octanol–water partition coefficient (Wildman–Crippen LogP) is 3.63. The quantitative estimate of drug-likeness (QED) is 0.856. The average Bonchev–Trinajstić information content (AvgIpc) is 3.04. The predicted molar refractivity (Wildman–Crippen MR) is 102 cm³/mol. The number of ether oxygens (including phenoxy) is 1. The summed E-state index contributed by atoms with van der Waals surface area (Å²) >= 11 is 1.70. The molecule has 0 unspecified atom stereocenters. The van der Waals surface area contributed by atoms with E-state index in [1.807, 2.05) is 38.1 Å². The molecule has 25 heavy (non-hydrogen) atoms. The van der Waals surface area contributed by atoms with Gasteiger partial charge in [-0.3, -0.25) is 9.69 Å². The van der Waals surface area contributed by atoms with Crippen molar-refractivity contribution in [1.82, 2.24) is 9.88 Å². The van der Waals surface area contributed by atoms with Crippen molar-refractivity contribution in [2.45, 2.75) is 26.8 Å². The van der Waals surface area contributed by atoms with Gasteiger partial charge >= 0.3 is 0 Å². The molecule has 0 saturated carbocycles. The monoisotopic (exact) mass is 359 g/mol. The Labute approximate surface area is 153 Å². The lowest BCUT2D eigenvalue weighted by Gasteiger charge is -2.25. The molecule has 0 atom stereocenters. The molecule has 1 fully saturated rings. The van der Waals surface area contributed by atoms with Gasteiger partial charge in [0.1, 0.15) is 5.01 Å². The Kier molecular flexibility index (Phi) is 6.18. The van der Waals surface area contributed by atoms with Gasteiger partial charge in [-0.05, 0) is 18.1 Å². The van der Waals surface area contributed by atoms with Gasteiger partial charge in [-0.25, -0.2) is 4.98 Å². The number of amides is 1.